The molecule has 0 radical (unpaired) electrons. The molecule has 0 saturated heterocycles. The van der Waals surface area contributed by atoms with E-state index in [1.54, 1.807) is 0 Å². The van der Waals surface area contributed by atoms with Crippen LogP contribution in [0.5, 0.6) is 0 Å². The number of halogens is 1. The van der Waals surface area contributed by atoms with Crippen molar-refractivity contribution in [3.8, 4) is 0 Å². The zero-order valence-electron chi connectivity index (χ0n) is 10.9. The molecule has 0 fully saturated rings. The lowest BCUT2D eigenvalue weighted by Crippen LogP contribution is -2.13. The molecule has 0 heterocycles. The standard InChI is InChI=1S/C15H17ClN2/c1-10-7-8-11(2)14(9-10)18(3)15-12(16)5-4-6-13(15)17/h4-9H,17H2,1-3H3. The van der Waals surface area contributed by atoms with Crippen molar-refractivity contribution in [1.82, 2.24) is 0 Å². The van der Waals surface area contributed by atoms with E-state index in [2.05, 4.69) is 32.0 Å². The molecule has 0 spiro atoms. The second kappa shape index (κ2) is 4.91. The van der Waals surface area contributed by atoms with Gasteiger partial charge in [-0.05, 0) is 43.2 Å². The molecule has 2 N–H and O–H groups in total. The summed E-state index contributed by atoms with van der Waals surface area (Å²) in [5, 5.41) is 0.665. The Balaban J connectivity index is 2.54. The number of nitrogen functional groups attached to an aromatic ring is 1. The van der Waals surface area contributed by atoms with Gasteiger partial charge >= 0.3 is 0 Å². The van der Waals surface area contributed by atoms with E-state index < -0.39 is 0 Å². The third-order valence-electron chi connectivity index (χ3n) is 3.08. The van der Waals surface area contributed by atoms with E-state index in [4.69, 9.17) is 17.3 Å². The first kappa shape index (κ1) is 12.8. The number of nitrogens with two attached hydrogens (primary N) is 1. The van der Waals surface area contributed by atoms with Crippen LogP contribution in [0.25, 0.3) is 0 Å². The largest absolute Gasteiger partial charge is 0.397 e. The molecule has 2 nitrogen and oxygen atoms in total. The highest BCUT2D eigenvalue weighted by Gasteiger charge is 2.13. The number of anilines is 3. The summed E-state index contributed by atoms with van der Waals surface area (Å²) in [7, 11) is 1.99. The Kier molecular flexibility index (Phi) is 3.48. The van der Waals surface area contributed by atoms with Gasteiger partial charge in [0.2, 0.25) is 0 Å². The van der Waals surface area contributed by atoms with Gasteiger partial charge in [-0.2, -0.15) is 0 Å². The fraction of sp³-hybridized carbons (Fsp3) is 0.200. The number of benzene rings is 2. The summed E-state index contributed by atoms with van der Waals surface area (Å²) in [6.07, 6.45) is 0. The van der Waals surface area contributed by atoms with Gasteiger partial charge in [0.05, 0.1) is 16.4 Å². The molecule has 0 bridgehead atoms. The van der Waals surface area contributed by atoms with Crippen molar-refractivity contribution >= 4 is 28.7 Å². The van der Waals surface area contributed by atoms with Gasteiger partial charge in [-0.1, -0.05) is 29.8 Å². The average Bonchev–Trinajstić information content (AvgIpc) is 2.32. The molecule has 0 unspecified atom stereocenters. The van der Waals surface area contributed by atoms with Crippen molar-refractivity contribution in [1.29, 1.82) is 0 Å². The lowest BCUT2D eigenvalue weighted by molar-refractivity contribution is 1.18. The van der Waals surface area contributed by atoms with Gasteiger partial charge < -0.3 is 10.6 Å². The van der Waals surface area contributed by atoms with Crippen LogP contribution in [-0.4, -0.2) is 7.05 Å². The highest BCUT2D eigenvalue weighted by molar-refractivity contribution is 6.34. The van der Waals surface area contributed by atoms with E-state index in [-0.39, 0.29) is 0 Å². The Bertz CT molecular complexity index is 558. The number of para-hydroxylation sites is 1. The van der Waals surface area contributed by atoms with Crippen LogP contribution in [-0.2, 0) is 0 Å². The predicted octanol–water partition coefficient (Wildman–Crippen LogP) is 4.31. The highest BCUT2D eigenvalue weighted by Crippen LogP contribution is 2.36. The number of rotatable bonds is 2. The maximum absolute atomic E-state index is 6.24. The van der Waals surface area contributed by atoms with Crippen LogP contribution in [0.2, 0.25) is 5.02 Å². The fourth-order valence-corrected chi connectivity index (χ4v) is 2.40. The van der Waals surface area contributed by atoms with Gasteiger partial charge in [-0.15, -0.1) is 0 Å². The molecular formula is C15H17ClN2. The van der Waals surface area contributed by atoms with Crippen LogP contribution >= 0.6 is 11.6 Å². The Labute approximate surface area is 113 Å². The van der Waals surface area contributed by atoms with Gasteiger partial charge in [0.1, 0.15) is 0 Å². The molecule has 2 aromatic carbocycles. The molecule has 0 saturated carbocycles. The molecule has 0 atom stereocenters. The van der Waals surface area contributed by atoms with Gasteiger partial charge in [-0.3, -0.25) is 0 Å². The molecule has 94 valence electrons. The Morgan fingerprint density at radius 2 is 1.83 bits per heavy atom. The minimum Gasteiger partial charge on any atom is -0.397 e. The minimum absolute atomic E-state index is 0.665. The smallest absolute Gasteiger partial charge is 0.0831 e. The molecule has 2 rings (SSSR count). The van der Waals surface area contributed by atoms with Gasteiger partial charge in [0, 0.05) is 12.7 Å². The first-order valence-corrected chi connectivity index (χ1v) is 6.23. The van der Waals surface area contributed by atoms with E-state index in [9.17, 15) is 0 Å². The summed E-state index contributed by atoms with van der Waals surface area (Å²) < 4.78 is 0. The molecule has 0 aromatic heterocycles. The summed E-state index contributed by atoms with van der Waals surface area (Å²) in [5.74, 6) is 0. The zero-order chi connectivity index (χ0) is 13.3. The lowest BCUT2D eigenvalue weighted by atomic mass is 10.1. The van der Waals surface area contributed by atoms with Crippen molar-refractivity contribution in [3.63, 3.8) is 0 Å². The summed E-state index contributed by atoms with van der Waals surface area (Å²) in [5.41, 5.74) is 11.1. The minimum atomic E-state index is 0.665. The summed E-state index contributed by atoms with van der Waals surface area (Å²) in [6.45, 7) is 4.16. The van der Waals surface area contributed by atoms with Gasteiger partial charge in [0.25, 0.3) is 0 Å². The first-order valence-electron chi connectivity index (χ1n) is 5.85. The van der Waals surface area contributed by atoms with E-state index in [1.807, 2.05) is 30.1 Å². The molecule has 0 aliphatic heterocycles. The van der Waals surface area contributed by atoms with Crippen molar-refractivity contribution in [2.75, 3.05) is 17.7 Å². The topological polar surface area (TPSA) is 29.3 Å². The molecular weight excluding hydrogens is 244 g/mol. The molecule has 0 aliphatic carbocycles. The summed E-state index contributed by atoms with van der Waals surface area (Å²) >= 11 is 6.24. The van der Waals surface area contributed by atoms with Gasteiger partial charge in [-0.25, -0.2) is 0 Å². The molecule has 0 aliphatic rings. The van der Waals surface area contributed by atoms with E-state index in [0.717, 1.165) is 11.4 Å². The highest BCUT2D eigenvalue weighted by atomic mass is 35.5. The predicted molar refractivity (Wildman–Crippen MR) is 79.8 cm³/mol. The maximum Gasteiger partial charge on any atom is 0.0831 e. The second-order valence-electron chi connectivity index (χ2n) is 4.53. The Morgan fingerprint density at radius 3 is 2.50 bits per heavy atom. The molecule has 18 heavy (non-hydrogen) atoms. The lowest BCUT2D eigenvalue weighted by Gasteiger charge is -2.24. The summed E-state index contributed by atoms with van der Waals surface area (Å²) in [6, 6.07) is 11.9. The second-order valence-corrected chi connectivity index (χ2v) is 4.93. The monoisotopic (exact) mass is 260 g/mol. The van der Waals surface area contributed by atoms with Crippen molar-refractivity contribution in [2.45, 2.75) is 13.8 Å². The van der Waals surface area contributed by atoms with Crippen LogP contribution in [0.1, 0.15) is 11.1 Å². The fourth-order valence-electron chi connectivity index (χ4n) is 2.09. The number of hydrogen-bond donors (Lipinski definition) is 1. The number of nitrogens with zero attached hydrogens (tertiary/aromatic N) is 1. The van der Waals surface area contributed by atoms with E-state index >= 15 is 0 Å². The number of hydrogen-bond acceptors (Lipinski definition) is 2. The van der Waals surface area contributed by atoms with Crippen LogP contribution < -0.4 is 10.6 Å². The normalized spacial score (nSPS) is 10.4. The Morgan fingerprint density at radius 1 is 1.11 bits per heavy atom. The third-order valence-corrected chi connectivity index (χ3v) is 3.38. The SMILES string of the molecule is Cc1ccc(C)c(N(C)c2c(N)cccc2Cl)c1. The quantitative estimate of drug-likeness (QED) is 0.816. The number of aryl methyl sites for hydroxylation is 2. The van der Waals surface area contributed by atoms with Gasteiger partial charge in [0.15, 0.2) is 0 Å². The molecule has 2 aromatic rings. The first-order chi connectivity index (χ1) is 8.50. The average molecular weight is 261 g/mol. The maximum atomic E-state index is 6.24. The van der Waals surface area contributed by atoms with E-state index in [0.29, 0.717) is 10.7 Å². The van der Waals surface area contributed by atoms with Crippen LogP contribution in [0, 0.1) is 13.8 Å². The van der Waals surface area contributed by atoms with Crippen LogP contribution in [0.3, 0.4) is 0 Å². The molecule has 3 heteroatoms. The Hall–Kier alpha value is -1.67. The summed E-state index contributed by atoms with van der Waals surface area (Å²) in [4.78, 5) is 2.04. The van der Waals surface area contributed by atoms with Crippen LogP contribution in [0.4, 0.5) is 17.1 Å². The third kappa shape index (κ3) is 2.29. The molecule has 0 amide bonds. The van der Waals surface area contributed by atoms with Crippen molar-refractivity contribution in [3.05, 3.63) is 52.5 Å². The van der Waals surface area contributed by atoms with E-state index in [1.165, 1.54) is 11.1 Å². The van der Waals surface area contributed by atoms with Crippen molar-refractivity contribution in [2.24, 2.45) is 0 Å². The zero-order valence-corrected chi connectivity index (χ0v) is 11.6. The van der Waals surface area contributed by atoms with Crippen molar-refractivity contribution < 1.29 is 0 Å². The van der Waals surface area contributed by atoms with Crippen LogP contribution in [0.15, 0.2) is 36.4 Å².